The van der Waals surface area contributed by atoms with Crippen molar-refractivity contribution in [1.29, 1.82) is 0 Å². The van der Waals surface area contributed by atoms with Crippen LogP contribution in [0.15, 0.2) is 48.6 Å². The minimum atomic E-state index is -4.76. The molecular formula is C50H91O8P. The topological polar surface area (TPSA) is 119 Å². The maximum absolute atomic E-state index is 12.5. The second kappa shape index (κ2) is 45.5. The predicted octanol–water partition coefficient (Wildman–Crippen LogP) is 15.5. The van der Waals surface area contributed by atoms with E-state index in [1.807, 2.05) is 0 Å². The molecule has 59 heavy (non-hydrogen) atoms. The largest absolute Gasteiger partial charge is 0.469 e. The lowest BCUT2D eigenvalue weighted by atomic mass is 10.0. The van der Waals surface area contributed by atoms with E-state index in [1.165, 1.54) is 135 Å². The third kappa shape index (κ3) is 48.6. The van der Waals surface area contributed by atoms with Gasteiger partial charge in [-0.3, -0.25) is 14.1 Å². The molecule has 0 saturated heterocycles. The minimum Gasteiger partial charge on any atom is -0.462 e. The number of carbonyl (C=O) groups is 2. The summed E-state index contributed by atoms with van der Waals surface area (Å²) in [4.78, 5) is 43.1. The predicted molar refractivity (Wildman–Crippen MR) is 248 cm³/mol. The van der Waals surface area contributed by atoms with Crippen molar-refractivity contribution in [2.45, 2.75) is 245 Å². The van der Waals surface area contributed by atoms with Gasteiger partial charge in [0, 0.05) is 12.8 Å². The van der Waals surface area contributed by atoms with Gasteiger partial charge in [0.15, 0.2) is 6.10 Å². The Bertz CT molecular complexity index is 1090. The molecule has 8 nitrogen and oxygen atoms in total. The molecule has 0 rings (SSSR count). The van der Waals surface area contributed by atoms with E-state index in [0.717, 1.165) is 70.6 Å². The molecule has 0 saturated carbocycles. The molecule has 0 aliphatic heterocycles. The van der Waals surface area contributed by atoms with Crippen LogP contribution in [0.5, 0.6) is 0 Å². The lowest BCUT2D eigenvalue weighted by molar-refractivity contribution is -0.161. The quantitative estimate of drug-likeness (QED) is 0.0269. The number of ether oxygens (including phenoxy) is 2. The lowest BCUT2D eigenvalue weighted by Gasteiger charge is -2.18. The van der Waals surface area contributed by atoms with Gasteiger partial charge in [0.2, 0.25) is 0 Å². The summed E-state index contributed by atoms with van der Waals surface area (Å²) in [6.07, 6.45) is 56.9. The van der Waals surface area contributed by atoms with Crippen molar-refractivity contribution in [1.82, 2.24) is 0 Å². The summed E-state index contributed by atoms with van der Waals surface area (Å²) < 4.78 is 26.5. The first kappa shape index (κ1) is 57.0. The molecule has 344 valence electrons. The van der Waals surface area contributed by atoms with E-state index in [4.69, 9.17) is 19.3 Å². The van der Waals surface area contributed by atoms with Crippen molar-refractivity contribution in [2.75, 3.05) is 13.2 Å². The molecule has 2 N–H and O–H groups in total. The highest BCUT2D eigenvalue weighted by Gasteiger charge is 2.23. The number of rotatable bonds is 45. The highest BCUT2D eigenvalue weighted by atomic mass is 31.2. The van der Waals surface area contributed by atoms with E-state index >= 15 is 0 Å². The Hall–Kier alpha value is -1.99. The second-order valence-electron chi connectivity index (χ2n) is 16.4. The van der Waals surface area contributed by atoms with E-state index < -0.39 is 32.5 Å². The fourth-order valence-corrected chi connectivity index (χ4v) is 7.37. The van der Waals surface area contributed by atoms with Gasteiger partial charge < -0.3 is 19.3 Å². The van der Waals surface area contributed by atoms with Gasteiger partial charge in [0.1, 0.15) is 6.61 Å². The zero-order valence-corrected chi connectivity index (χ0v) is 39.0. The van der Waals surface area contributed by atoms with Crippen molar-refractivity contribution in [3.63, 3.8) is 0 Å². The molecule has 0 aliphatic carbocycles. The number of carbonyl (C=O) groups excluding carboxylic acids is 2. The Labute approximate surface area is 363 Å². The van der Waals surface area contributed by atoms with Crippen LogP contribution in [0.1, 0.15) is 239 Å². The molecule has 0 aliphatic rings. The summed E-state index contributed by atoms with van der Waals surface area (Å²) in [6, 6.07) is 0. The van der Waals surface area contributed by atoms with Gasteiger partial charge in [-0.15, -0.1) is 0 Å². The van der Waals surface area contributed by atoms with Gasteiger partial charge in [-0.25, -0.2) is 4.57 Å². The monoisotopic (exact) mass is 851 g/mol. The summed E-state index contributed by atoms with van der Waals surface area (Å²) in [5.41, 5.74) is 0. The van der Waals surface area contributed by atoms with Crippen LogP contribution in [-0.2, 0) is 28.2 Å². The number of unbranched alkanes of at least 4 members (excludes halogenated alkanes) is 27. The van der Waals surface area contributed by atoms with Crippen LogP contribution < -0.4 is 0 Å². The molecular weight excluding hydrogens is 760 g/mol. The maximum Gasteiger partial charge on any atom is 0.469 e. The summed E-state index contributed by atoms with van der Waals surface area (Å²) in [5, 5.41) is 0. The van der Waals surface area contributed by atoms with E-state index in [0.29, 0.717) is 6.42 Å². The molecule has 0 heterocycles. The normalized spacial score (nSPS) is 12.8. The Kier molecular flexibility index (Phi) is 44.0. The summed E-state index contributed by atoms with van der Waals surface area (Å²) >= 11 is 0. The highest BCUT2D eigenvalue weighted by molar-refractivity contribution is 7.46. The second-order valence-corrected chi connectivity index (χ2v) is 17.7. The average molecular weight is 851 g/mol. The SMILES string of the molecule is CC/C=C\C/C=C\C/C=C\C/C=C\CCCCCCCCCCCCC(=O)OC(COC(=O)CCCCCCCCCCCCCCCCCCCC)COP(=O)(O)O. The van der Waals surface area contributed by atoms with E-state index in [-0.39, 0.29) is 19.4 Å². The highest BCUT2D eigenvalue weighted by Crippen LogP contribution is 2.36. The van der Waals surface area contributed by atoms with Crippen molar-refractivity contribution in [3.8, 4) is 0 Å². The lowest BCUT2D eigenvalue weighted by Crippen LogP contribution is -2.29. The van der Waals surface area contributed by atoms with Crippen LogP contribution in [0.25, 0.3) is 0 Å². The fraction of sp³-hybridized carbons (Fsp3) is 0.800. The zero-order valence-electron chi connectivity index (χ0n) is 38.2. The first-order chi connectivity index (χ1) is 28.8. The Morgan fingerprint density at radius 2 is 0.814 bits per heavy atom. The van der Waals surface area contributed by atoms with E-state index in [2.05, 4.69) is 67.0 Å². The zero-order chi connectivity index (χ0) is 43.2. The van der Waals surface area contributed by atoms with Gasteiger partial charge in [0.25, 0.3) is 0 Å². The van der Waals surface area contributed by atoms with Crippen LogP contribution in [0.3, 0.4) is 0 Å². The molecule has 1 atom stereocenters. The Balaban J connectivity index is 3.83. The van der Waals surface area contributed by atoms with Gasteiger partial charge in [-0.1, -0.05) is 223 Å². The summed E-state index contributed by atoms with van der Waals surface area (Å²) in [7, 11) is -4.76. The van der Waals surface area contributed by atoms with Crippen LogP contribution in [0.4, 0.5) is 0 Å². The molecule has 9 heteroatoms. The van der Waals surface area contributed by atoms with Crippen molar-refractivity contribution >= 4 is 19.8 Å². The molecule has 1 unspecified atom stereocenters. The number of phosphoric ester groups is 1. The standard InChI is InChI=1S/C50H91O8P/c1-3-5-7-9-11-13-15-17-19-21-23-24-25-26-27-29-31-33-35-37-39-41-43-45-50(52)58-48(47-57-59(53,54)55)46-56-49(51)44-42-40-38-36-34-32-30-28-22-20-18-16-14-12-10-8-6-4-2/h5,7,11,13,17,19,23-24,48H,3-4,6,8-10,12,14-16,18,20-22,25-47H2,1-2H3,(H2,53,54,55)/b7-5-,13-11-,19-17-,24-23-. The molecule has 0 bridgehead atoms. The van der Waals surface area contributed by atoms with Crippen molar-refractivity contribution in [3.05, 3.63) is 48.6 Å². The van der Waals surface area contributed by atoms with E-state index in [1.54, 1.807) is 0 Å². The molecule has 0 amide bonds. The third-order valence-electron chi connectivity index (χ3n) is 10.6. The average Bonchev–Trinajstić information content (AvgIpc) is 3.21. The summed E-state index contributed by atoms with van der Waals surface area (Å²) in [6.45, 7) is 3.61. The van der Waals surface area contributed by atoms with E-state index in [9.17, 15) is 14.2 Å². The maximum atomic E-state index is 12.5. The number of hydrogen-bond acceptors (Lipinski definition) is 6. The minimum absolute atomic E-state index is 0.207. The summed E-state index contributed by atoms with van der Waals surface area (Å²) in [5.74, 6) is -0.880. The van der Waals surface area contributed by atoms with Crippen LogP contribution in [0, 0.1) is 0 Å². The van der Waals surface area contributed by atoms with Crippen LogP contribution in [0.2, 0.25) is 0 Å². The molecule has 0 aromatic heterocycles. The van der Waals surface area contributed by atoms with Crippen molar-refractivity contribution < 1.29 is 37.9 Å². The smallest absolute Gasteiger partial charge is 0.462 e. The number of esters is 2. The molecule has 0 fully saturated rings. The number of phosphoric acid groups is 1. The first-order valence-corrected chi connectivity index (χ1v) is 26.0. The van der Waals surface area contributed by atoms with Gasteiger partial charge >= 0.3 is 19.8 Å². The Morgan fingerprint density at radius 1 is 0.458 bits per heavy atom. The van der Waals surface area contributed by atoms with Gasteiger partial charge in [-0.05, 0) is 51.4 Å². The fourth-order valence-electron chi connectivity index (χ4n) is 7.01. The number of hydrogen-bond donors (Lipinski definition) is 2. The molecule has 0 radical (unpaired) electrons. The molecule has 0 aromatic carbocycles. The van der Waals surface area contributed by atoms with Gasteiger partial charge in [-0.2, -0.15) is 0 Å². The molecule has 0 aromatic rings. The number of allylic oxidation sites excluding steroid dienone is 8. The third-order valence-corrected chi connectivity index (χ3v) is 11.1. The van der Waals surface area contributed by atoms with Crippen LogP contribution >= 0.6 is 7.82 Å². The molecule has 0 spiro atoms. The van der Waals surface area contributed by atoms with Crippen molar-refractivity contribution in [2.24, 2.45) is 0 Å². The van der Waals surface area contributed by atoms with Gasteiger partial charge in [0.05, 0.1) is 6.61 Å². The Morgan fingerprint density at radius 3 is 1.22 bits per heavy atom. The first-order valence-electron chi connectivity index (χ1n) is 24.4. The van der Waals surface area contributed by atoms with Crippen LogP contribution in [-0.4, -0.2) is 41.0 Å².